The Hall–Kier alpha value is -5.78. The molecule has 2 unspecified atom stereocenters. The standard InChI is InChI=1S/C45H36N4/c46-44(30-16-4-1-5-17-30)48-45(31-18-6-2-7-19-31)47-29-32-28-39-35-23-11-13-25-37(35)43-42(41(39)36-24-12-10-22-34(32)36)38-26-14-15-27-40(38)49(43)33-20-8-3-9-21-33/h1-28,44-45,47-48H,29,46H2. The van der Waals surface area contributed by atoms with Gasteiger partial charge in [-0.1, -0.05) is 146 Å². The first-order chi connectivity index (χ1) is 24.3. The molecule has 0 aliphatic rings. The third kappa shape index (κ3) is 5.06. The largest absolute Gasteiger partial charge is 0.312 e. The Morgan fingerprint density at radius 3 is 1.76 bits per heavy atom. The van der Waals surface area contributed by atoms with E-state index in [1.807, 2.05) is 18.2 Å². The second-order valence-electron chi connectivity index (χ2n) is 12.7. The zero-order valence-electron chi connectivity index (χ0n) is 27.1. The summed E-state index contributed by atoms with van der Waals surface area (Å²) in [4.78, 5) is 0. The third-order valence-corrected chi connectivity index (χ3v) is 9.88. The van der Waals surface area contributed by atoms with Gasteiger partial charge in [0.15, 0.2) is 0 Å². The number of fused-ring (bicyclic) bond motifs is 10. The lowest BCUT2D eigenvalue weighted by atomic mass is 9.90. The van der Waals surface area contributed by atoms with Crippen LogP contribution in [0.25, 0.3) is 59.8 Å². The Morgan fingerprint density at radius 1 is 0.490 bits per heavy atom. The van der Waals surface area contributed by atoms with Gasteiger partial charge in [0.25, 0.3) is 0 Å². The highest BCUT2D eigenvalue weighted by Gasteiger charge is 2.22. The fraction of sp³-hybridized carbons (Fsp3) is 0.0667. The van der Waals surface area contributed by atoms with Crippen molar-refractivity contribution in [2.45, 2.75) is 18.9 Å². The molecule has 9 aromatic rings. The van der Waals surface area contributed by atoms with E-state index in [1.165, 1.54) is 59.7 Å². The molecule has 0 saturated carbocycles. The van der Waals surface area contributed by atoms with Crippen molar-refractivity contribution in [3.63, 3.8) is 0 Å². The molecule has 0 bridgehead atoms. The quantitative estimate of drug-likeness (QED) is 0.115. The van der Waals surface area contributed by atoms with E-state index in [0.717, 1.165) is 16.8 Å². The fourth-order valence-corrected chi connectivity index (χ4v) is 7.66. The first kappa shape index (κ1) is 29.4. The molecule has 236 valence electrons. The van der Waals surface area contributed by atoms with Crippen LogP contribution in [-0.2, 0) is 6.54 Å². The van der Waals surface area contributed by atoms with Crippen LogP contribution in [0.1, 0.15) is 29.0 Å². The van der Waals surface area contributed by atoms with Crippen LogP contribution >= 0.6 is 0 Å². The van der Waals surface area contributed by atoms with Gasteiger partial charge < -0.3 is 10.3 Å². The minimum atomic E-state index is -0.327. The molecule has 0 aliphatic carbocycles. The van der Waals surface area contributed by atoms with Crippen molar-refractivity contribution >= 4 is 54.1 Å². The van der Waals surface area contributed by atoms with Crippen molar-refractivity contribution in [1.29, 1.82) is 0 Å². The SMILES string of the molecule is NC(NC(NCc1cc2c3ccccc3c3c(c4ccccc4n3-c3ccccc3)c2c2ccccc12)c1ccccc1)c1ccccc1. The molecule has 4 nitrogen and oxygen atoms in total. The number of nitrogens with zero attached hydrogens (tertiary/aromatic N) is 1. The smallest absolute Gasteiger partial charge is 0.0852 e. The Balaban J connectivity index is 1.26. The molecule has 0 saturated heterocycles. The molecule has 9 rings (SSSR count). The van der Waals surface area contributed by atoms with Crippen LogP contribution in [0.3, 0.4) is 0 Å². The van der Waals surface area contributed by atoms with Crippen molar-refractivity contribution in [3.05, 3.63) is 187 Å². The number of hydrogen-bond donors (Lipinski definition) is 3. The molecule has 0 spiro atoms. The van der Waals surface area contributed by atoms with Crippen molar-refractivity contribution in [3.8, 4) is 5.69 Å². The molecule has 1 aromatic heterocycles. The van der Waals surface area contributed by atoms with Gasteiger partial charge in [0.1, 0.15) is 0 Å². The molecule has 4 N–H and O–H groups in total. The second-order valence-corrected chi connectivity index (χ2v) is 12.7. The number of nitrogens with two attached hydrogens (primary N) is 1. The van der Waals surface area contributed by atoms with Crippen LogP contribution in [0.2, 0.25) is 0 Å². The summed E-state index contributed by atoms with van der Waals surface area (Å²) in [6.07, 6.45) is -0.486. The number of aromatic nitrogens is 1. The summed E-state index contributed by atoms with van der Waals surface area (Å²) < 4.78 is 2.45. The summed E-state index contributed by atoms with van der Waals surface area (Å²) in [7, 11) is 0. The molecule has 0 aliphatic heterocycles. The average molecular weight is 633 g/mol. The normalized spacial score (nSPS) is 13.1. The number of benzene rings is 8. The van der Waals surface area contributed by atoms with Crippen LogP contribution in [-0.4, -0.2) is 4.57 Å². The van der Waals surface area contributed by atoms with Gasteiger partial charge in [-0.2, -0.15) is 0 Å². The molecule has 0 amide bonds. The topological polar surface area (TPSA) is 55.0 Å². The Kier molecular flexibility index (Phi) is 7.40. The van der Waals surface area contributed by atoms with Crippen molar-refractivity contribution in [1.82, 2.24) is 15.2 Å². The number of rotatable bonds is 8. The first-order valence-corrected chi connectivity index (χ1v) is 16.9. The molecular formula is C45H36N4. The van der Waals surface area contributed by atoms with Crippen LogP contribution < -0.4 is 16.4 Å². The molecule has 1 heterocycles. The highest BCUT2D eigenvalue weighted by Crippen LogP contribution is 2.45. The van der Waals surface area contributed by atoms with Gasteiger partial charge in [0.05, 0.1) is 23.4 Å². The number of para-hydroxylation sites is 2. The van der Waals surface area contributed by atoms with Gasteiger partial charge in [0.2, 0.25) is 0 Å². The third-order valence-electron chi connectivity index (χ3n) is 9.88. The summed E-state index contributed by atoms with van der Waals surface area (Å²) in [5.41, 5.74) is 13.8. The van der Waals surface area contributed by atoms with E-state index in [4.69, 9.17) is 5.73 Å². The van der Waals surface area contributed by atoms with Crippen LogP contribution in [0, 0.1) is 0 Å². The van der Waals surface area contributed by atoms with E-state index in [1.54, 1.807) is 0 Å². The summed E-state index contributed by atoms with van der Waals surface area (Å²) in [5.74, 6) is 0. The van der Waals surface area contributed by atoms with Crippen molar-refractivity contribution < 1.29 is 0 Å². The monoisotopic (exact) mass is 632 g/mol. The summed E-state index contributed by atoms with van der Waals surface area (Å²) >= 11 is 0. The molecular weight excluding hydrogens is 597 g/mol. The molecule has 8 aromatic carbocycles. The lowest BCUT2D eigenvalue weighted by Gasteiger charge is -2.26. The summed E-state index contributed by atoms with van der Waals surface area (Å²) in [6, 6.07) is 60.5. The predicted molar refractivity (Wildman–Crippen MR) is 206 cm³/mol. The van der Waals surface area contributed by atoms with Gasteiger partial charge >= 0.3 is 0 Å². The van der Waals surface area contributed by atoms with Crippen LogP contribution in [0.5, 0.6) is 0 Å². The molecule has 49 heavy (non-hydrogen) atoms. The maximum Gasteiger partial charge on any atom is 0.0852 e. The minimum absolute atomic E-state index is 0.158. The second kappa shape index (κ2) is 12.3. The van der Waals surface area contributed by atoms with Gasteiger partial charge in [0, 0.05) is 33.8 Å². The average Bonchev–Trinajstić information content (AvgIpc) is 3.52. The van der Waals surface area contributed by atoms with E-state index >= 15 is 0 Å². The van der Waals surface area contributed by atoms with Gasteiger partial charge in [-0.05, 0) is 62.5 Å². The highest BCUT2D eigenvalue weighted by molar-refractivity contribution is 6.37. The molecule has 4 heteroatoms. The van der Waals surface area contributed by atoms with Crippen LogP contribution in [0.15, 0.2) is 170 Å². The first-order valence-electron chi connectivity index (χ1n) is 16.9. The minimum Gasteiger partial charge on any atom is -0.312 e. The Bertz CT molecular complexity index is 2590. The van der Waals surface area contributed by atoms with E-state index in [-0.39, 0.29) is 12.3 Å². The lowest BCUT2D eigenvalue weighted by molar-refractivity contribution is 0.386. The van der Waals surface area contributed by atoms with E-state index < -0.39 is 0 Å². The van der Waals surface area contributed by atoms with Crippen molar-refractivity contribution in [2.75, 3.05) is 0 Å². The predicted octanol–water partition coefficient (Wildman–Crippen LogP) is 10.3. The van der Waals surface area contributed by atoms with Gasteiger partial charge in [-0.15, -0.1) is 0 Å². The molecule has 0 radical (unpaired) electrons. The molecule has 0 fully saturated rings. The zero-order valence-corrected chi connectivity index (χ0v) is 27.1. The van der Waals surface area contributed by atoms with Crippen molar-refractivity contribution in [2.24, 2.45) is 5.73 Å². The maximum atomic E-state index is 6.72. The maximum absolute atomic E-state index is 6.72. The Morgan fingerprint density at radius 2 is 1.04 bits per heavy atom. The summed E-state index contributed by atoms with van der Waals surface area (Å²) in [6.45, 7) is 0.655. The lowest BCUT2D eigenvalue weighted by Crippen LogP contribution is -2.39. The van der Waals surface area contributed by atoms with Gasteiger partial charge in [-0.3, -0.25) is 10.6 Å². The van der Waals surface area contributed by atoms with Crippen LogP contribution in [0.4, 0.5) is 0 Å². The highest BCUT2D eigenvalue weighted by atomic mass is 15.2. The number of hydrogen-bond acceptors (Lipinski definition) is 3. The van der Waals surface area contributed by atoms with E-state index in [2.05, 4.69) is 167 Å². The van der Waals surface area contributed by atoms with E-state index in [0.29, 0.717) is 6.54 Å². The fourth-order valence-electron chi connectivity index (χ4n) is 7.66. The molecule has 2 atom stereocenters. The summed E-state index contributed by atoms with van der Waals surface area (Å²) in [5, 5.41) is 17.6. The number of nitrogens with one attached hydrogen (secondary N) is 2. The van der Waals surface area contributed by atoms with Gasteiger partial charge in [-0.25, -0.2) is 0 Å². The zero-order chi connectivity index (χ0) is 32.7. The Labute approximate surface area is 285 Å². The van der Waals surface area contributed by atoms with E-state index in [9.17, 15) is 0 Å².